The Balaban J connectivity index is 1.60. The van der Waals surface area contributed by atoms with Gasteiger partial charge in [-0.1, -0.05) is 6.42 Å². The van der Waals surface area contributed by atoms with Crippen molar-refractivity contribution in [2.24, 2.45) is 5.92 Å². The molecule has 2 saturated heterocycles. The predicted molar refractivity (Wildman–Crippen MR) is 87.9 cm³/mol. The van der Waals surface area contributed by atoms with Gasteiger partial charge < -0.3 is 19.9 Å². The molecule has 2 fully saturated rings. The van der Waals surface area contributed by atoms with Crippen LogP contribution in [0.15, 0.2) is 17.1 Å². The van der Waals surface area contributed by atoms with Crippen molar-refractivity contribution in [2.75, 3.05) is 26.7 Å². The van der Waals surface area contributed by atoms with Gasteiger partial charge in [0, 0.05) is 24.8 Å². The van der Waals surface area contributed by atoms with Crippen molar-refractivity contribution in [1.82, 2.24) is 15.2 Å². The Morgan fingerprint density at radius 1 is 1.35 bits per heavy atom. The number of hydrogen-bond acceptors (Lipinski definition) is 4. The molecule has 2 unspecified atom stereocenters. The lowest BCUT2D eigenvalue weighted by atomic mass is 9.83. The summed E-state index contributed by atoms with van der Waals surface area (Å²) in [7, 11) is 1.43. The van der Waals surface area contributed by atoms with E-state index in [2.05, 4.69) is 15.2 Å². The number of nitrogens with one attached hydrogen (secondary N) is 2. The zero-order valence-corrected chi connectivity index (χ0v) is 13.6. The zero-order chi connectivity index (χ0) is 16.2. The number of pyridine rings is 1. The van der Waals surface area contributed by atoms with Gasteiger partial charge in [-0.15, -0.1) is 0 Å². The summed E-state index contributed by atoms with van der Waals surface area (Å²) in [5.74, 6) is 0.502. The van der Waals surface area contributed by atoms with Crippen LogP contribution in [0, 0.1) is 5.92 Å². The van der Waals surface area contributed by atoms with Gasteiger partial charge in [0.2, 0.25) is 5.43 Å². The molecule has 1 aromatic rings. The van der Waals surface area contributed by atoms with Gasteiger partial charge in [-0.2, -0.15) is 0 Å². The van der Waals surface area contributed by atoms with E-state index in [9.17, 15) is 9.59 Å². The number of piperidine rings is 2. The maximum Gasteiger partial charge on any atom is 0.267 e. The number of carbonyl (C=O) groups excluding carboxylic acids is 1. The number of aromatic nitrogens is 1. The molecule has 0 aliphatic carbocycles. The minimum Gasteiger partial charge on any atom is -0.491 e. The highest BCUT2D eigenvalue weighted by Crippen LogP contribution is 2.30. The van der Waals surface area contributed by atoms with Gasteiger partial charge in [0.05, 0.1) is 7.11 Å². The third kappa shape index (κ3) is 3.58. The Bertz CT molecular complexity index is 611. The molecule has 2 aliphatic heterocycles. The molecule has 2 aliphatic rings. The molecule has 3 rings (SSSR count). The third-order valence-electron chi connectivity index (χ3n) is 5.10. The average molecular weight is 319 g/mol. The number of fused-ring (bicyclic) bond motifs is 1. The lowest BCUT2D eigenvalue weighted by Crippen LogP contribution is -2.51. The molecule has 1 amide bonds. The van der Waals surface area contributed by atoms with E-state index in [4.69, 9.17) is 4.74 Å². The van der Waals surface area contributed by atoms with Crippen LogP contribution in [-0.2, 0) is 0 Å². The molecular weight excluding hydrogens is 294 g/mol. The zero-order valence-electron chi connectivity index (χ0n) is 13.6. The topological polar surface area (TPSA) is 74.4 Å². The Hall–Kier alpha value is -1.82. The molecule has 0 radical (unpaired) electrons. The first-order valence-electron chi connectivity index (χ1n) is 8.48. The summed E-state index contributed by atoms with van der Waals surface area (Å²) in [5.41, 5.74) is -0.000341. The summed E-state index contributed by atoms with van der Waals surface area (Å²) in [6, 6.07) is 1.90. The Morgan fingerprint density at radius 2 is 2.17 bits per heavy atom. The first-order chi connectivity index (χ1) is 11.2. The highest BCUT2D eigenvalue weighted by molar-refractivity contribution is 5.92. The molecule has 6 heteroatoms. The van der Waals surface area contributed by atoms with Crippen LogP contribution in [0.3, 0.4) is 0 Å². The number of amides is 1. The van der Waals surface area contributed by atoms with Crippen LogP contribution in [0.2, 0.25) is 0 Å². The minimum absolute atomic E-state index is 0.215. The summed E-state index contributed by atoms with van der Waals surface area (Å²) in [4.78, 5) is 29.4. The number of nitrogens with zero attached hydrogens (tertiary/aromatic N) is 1. The van der Waals surface area contributed by atoms with E-state index in [1.165, 1.54) is 64.6 Å². The number of aromatic amines is 1. The van der Waals surface area contributed by atoms with Gasteiger partial charge in [0.15, 0.2) is 5.75 Å². The van der Waals surface area contributed by atoms with E-state index < -0.39 is 0 Å². The van der Waals surface area contributed by atoms with Gasteiger partial charge in [-0.3, -0.25) is 9.59 Å². The second-order valence-electron chi connectivity index (χ2n) is 6.49. The maximum atomic E-state index is 12.3. The monoisotopic (exact) mass is 319 g/mol. The van der Waals surface area contributed by atoms with Crippen LogP contribution in [0.25, 0.3) is 0 Å². The third-order valence-corrected chi connectivity index (χ3v) is 5.10. The largest absolute Gasteiger partial charge is 0.491 e. The van der Waals surface area contributed by atoms with Gasteiger partial charge >= 0.3 is 0 Å². The van der Waals surface area contributed by atoms with Gasteiger partial charge in [0.1, 0.15) is 5.69 Å². The summed E-state index contributed by atoms with van der Waals surface area (Å²) >= 11 is 0. The second-order valence-corrected chi connectivity index (χ2v) is 6.49. The van der Waals surface area contributed by atoms with Crippen molar-refractivity contribution >= 4 is 5.91 Å². The standard InChI is InChI=1S/C17H25N3O3/c1-23-16-11-18-13(9-15(16)21)17(22)19-10-12-5-4-8-20-7-3-2-6-14(12)20/h9,11-12,14H,2-8,10H2,1H3,(H,18,21)(H,19,22). The van der Waals surface area contributed by atoms with Crippen molar-refractivity contribution in [3.63, 3.8) is 0 Å². The number of carbonyl (C=O) groups is 1. The molecule has 6 nitrogen and oxygen atoms in total. The van der Waals surface area contributed by atoms with Crippen molar-refractivity contribution in [2.45, 2.75) is 38.1 Å². The van der Waals surface area contributed by atoms with Crippen molar-refractivity contribution < 1.29 is 9.53 Å². The smallest absolute Gasteiger partial charge is 0.267 e. The van der Waals surface area contributed by atoms with E-state index in [0.29, 0.717) is 18.5 Å². The predicted octanol–water partition coefficient (Wildman–Crippen LogP) is 1.38. The van der Waals surface area contributed by atoms with Crippen LogP contribution in [-0.4, -0.2) is 48.6 Å². The van der Waals surface area contributed by atoms with Gasteiger partial charge in [-0.05, 0) is 44.7 Å². The summed E-state index contributed by atoms with van der Waals surface area (Å²) in [5, 5.41) is 2.99. The van der Waals surface area contributed by atoms with Crippen LogP contribution < -0.4 is 15.5 Å². The average Bonchev–Trinajstić information content (AvgIpc) is 2.59. The fourth-order valence-corrected chi connectivity index (χ4v) is 3.88. The van der Waals surface area contributed by atoms with Crippen LogP contribution in [0.4, 0.5) is 0 Å². The molecule has 0 spiro atoms. The molecule has 2 N–H and O–H groups in total. The molecule has 3 heterocycles. The number of ether oxygens (including phenoxy) is 1. The van der Waals surface area contributed by atoms with E-state index in [1.54, 1.807) is 0 Å². The maximum absolute atomic E-state index is 12.3. The molecule has 0 bridgehead atoms. The highest BCUT2D eigenvalue weighted by atomic mass is 16.5. The Morgan fingerprint density at radius 3 is 2.96 bits per heavy atom. The molecule has 0 aromatic carbocycles. The Labute approximate surface area is 136 Å². The summed E-state index contributed by atoms with van der Waals surface area (Å²) < 4.78 is 4.91. The van der Waals surface area contributed by atoms with Crippen molar-refractivity contribution in [3.8, 4) is 5.75 Å². The molecule has 0 saturated carbocycles. The van der Waals surface area contributed by atoms with Crippen molar-refractivity contribution in [3.05, 3.63) is 28.2 Å². The summed E-state index contributed by atoms with van der Waals surface area (Å²) in [6.07, 6.45) is 7.62. The summed E-state index contributed by atoms with van der Waals surface area (Å²) in [6.45, 7) is 3.07. The SMILES string of the molecule is COc1c[nH]c(C(=O)NCC2CCCN3CCCCC23)cc1=O. The molecular formula is C17H25N3O3. The number of rotatable bonds is 4. The lowest BCUT2D eigenvalue weighted by Gasteiger charge is -2.44. The van der Waals surface area contributed by atoms with E-state index in [0.717, 1.165) is 0 Å². The van der Waals surface area contributed by atoms with E-state index in [-0.39, 0.29) is 22.8 Å². The number of H-pyrrole nitrogens is 1. The number of hydrogen-bond donors (Lipinski definition) is 2. The quantitative estimate of drug-likeness (QED) is 0.879. The van der Waals surface area contributed by atoms with Crippen LogP contribution in [0.1, 0.15) is 42.6 Å². The normalized spacial score (nSPS) is 24.7. The number of methoxy groups -OCH3 is 1. The highest BCUT2D eigenvalue weighted by Gasteiger charge is 2.32. The first-order valence-corrected chi connectivity index (χ1v) is 8.48. The first kappa shape index (κ1) is 16.1. The molecule has 1 aromatic heterocycles. The minimum atomic E-state index is -0.285. The lowest BCUT2D eigenvalue weighted by molar-refractivity contribution is 0.0575. The molecule has 2 atom stereocenters. The molecule has 23 heavy (non-hydrogen) atoms. The van der Waals surface area contributed by atoms with Crippen LogP contribution in [0.5, 0.6) is 5.75 Å². The van der Waals surface area contributed by atoms with E-state index in [1.807, 2.05) is 0 Å². The van der Waals surface area contributed by atoms with Crippen molar-refractivity contribution in [1.29, 1.82) is 0 Å². The fraction of sp³-hybridized carbons (Fsp3) is 0.647. The fourth-order valence-electron chi connectivity index (χ4n) is 3.88. The molecule has 126 valence electrons. The van der Waals surface area contributed by atoms with Crippen LogP contribution >= 0.6 is 0 Å². The van der Waals surface area contributed by atoms with Gasteiger partial charge in [-0.25, -0.2) is 0 Å². The Kier molecular flexibility index (Phi) is 5.00. The van der Waals surface area contributed by atoms with E-state index >= 15 is 0 Å². The second kappa shape index (κ2) is 7.17. The van der Waals surface area contributed by atoms with Gasteiger partial charge in [0.25, 0.3) is 5.91 Å².